The number of aryl methyl sites for hydroxylation is 1. The van der Waals surface area contributed by atoms with Crippen LogP contribution in [0.1, 0.15) is 19.4 Å². The monoisotopic (exact) mass is 669 g/mol. The van der Waals surface area contributed by atoms with Crippen molar-refractivity contribution in [3.63, 3.8) is 0 Å². The molecule has 0 unspecified atom stereocenters. The summed E-state index contributed by atoms with van der Waals surface area (Å²) >= 11 is 1.79. The van der Waals surface area contributed by atoms with Gasteiger partial charge in [-0.3, -0.25) is 4.79 Å². The second kappa shape index (κ2) is 12.5. The zero-order valence-corrected chi connectivity index (χ0v) is 23.5. The molecule has 1 N–H and O–H groups in total. The summed E-state index contributed by atoms with van der Waals surface area (Å²) in [6.07, 6.45) is 3.15. The number of allylic oxidation sites excluding steroid dienone is 2. The van der Waals surface area contributed by atoms with E-state index in [0.29, 0.717) is 0 Å². The molecule has 0 fully saturated rings. The Kier molecular flexibility index (Phi) is 9.49. The van der Waals surface area contributed by atoms with Crippen molar-refractivity contribution >= 4 is 27.2 Å². The fourth-order valence-electron chi connectivity index (χ4n) is 3.67. The number of aliphatic hydroxyl groups excluding tert-OH is 1. The molecule has 5 aromatic rings. The standard InChI is InChI=1S/C26H18NS.C5H8O2.Ir/c1-18-10-12-20(13-11-18)25-16-23-15-24(27-17-26(23)28-25)22-9-5-8-21(14-22)19-6-3-2-4-7-19;1-4(6)3-5(2)7;/h2-8,10-17H,1H3;3,6H,1-2H3;/q-1;;/b;4-3-;. The molecular weight excluding hydrogens is 643 g/mol. The first-order valence-corrected chi connectivity index (χ1v) is 12.1. The molecule has 0 aliphatic heterocycles. The Labute approximate surface area is 229 Å². The summed E-state index contributed by atoms with van der Waals surface area (Å²) in [6.45, 7) is 4.96. The first-order chi connectivity index (χ1) is 16.9. The van der Waals surface area contributed by atoms with Gasteiger partial charge in [-0.2, -0.15) is 0 Å². The van der Waals surface area contributed by atoms with E-state index in [2.05, 4.69) is 85.8 Å². The largest absolute Gasteiger partial charge is 0.512 e. The first-order valence-electron chi connectivity index (χ1n) is 11.3. The molecule has 5 rings (SSSR count). The second-order valence-corrected chi connectivity index (χ2v) is 9.42. The first kappa shape index (κ1) is 27.2. The molecule has 0 amide bonds. The summed E-state index contributed by atoms with van der Waals surface area (Å²) < 4.78 is 1.21. The van der Waals surface area contributed by atoms with Gasteiger partial charge < -0.3 is 10.1 Å². The van der Waals surface area contributed by atoms with Gasteiger partial charge in [-0.25, -0.2) is 0 Å². The normalized spacial score (nSPS) is 10.8. The molecule has 5 heteroatoms. The van der Waals surface area contributed by atoms with E-state index in [1.165, 1.54) is 57.1 Å². The number of aromatic nitrogens is 1. The van der Waals surface area contributed by atoms with Gasteiger partial charge in [0.2, 0.25) is 0 Å². The number of hydrogen-bond donors (Lipinski definition) is 1. The third-order valence-corrected chi connectivity index (χ3v) is 6.47. The Hall–Kier alpha value is -3.37. The van der Waals surface area contributed by atoms with Crippen LogP contribution in [-0.4, -0.2) is 15.9 Å². The van der Waals surface area contributed by atoms with Crippen LogP contribution < -0.4 is 0 Å². The van der Waals surface area contributed by atoms with E-state index in [1.54, 1.807) is 11.3 Å². The van der Waals surface area contributed by atoms with Crippen molar-refractivity contribution in [3.8, 4) is 32.8 Å². The summed E-state index contributed by atoms with van der Waals surface area (Å²) in [7, 11) is 0. The summed E-state index contributed by atoms with van der Waals surface area (Å²) in [5.41, 5.74) is 6.90. The van der Waals surface area contributed by atoms with Crippen LogP contribution in [0.2, 0.25) is 0 Å². The molecule has 0 saturated carbocycles. The number of benzene rings is 3. The number of aliphatic hydroxyl groups is 1. The predicted molar refractivity (Wildman–Crippen MR) is 147 cm³/mol. The minimum absolute atomic E-state index is 0. The van der Waals surface area contributed by atoms with E-state index >= 15 is 0 Å². The number of nitrogens with zero attached hydrogens (tertiary/aromatic N) is 1. The van der Waals surface area contributed by atoms with Gasteiger partial charge >= 0.3 is 0 Å². The number of carbonyl (C=O) groups is 1. The van der Waals surface area contributed by atoms with Gasteiger partial charge in [-0.1, -0.05) is 66.2 Å². The molecule has 0 aliphatic carbocycles. The van der Waals surface area contributed by atoms with Crippen molar-refractivity contribution in [2.45, 2.75) is 20.8 Å². The molecule has 0 saturated heterocycles. The zero-order chi connectivity index (χ0) is 24.8. The molecule has 0 spiro atoms. The third kappa shape index (κ3) is 7.08. The van der Waals surface area contributed by atoms with Gasteiger partial charge in [0.15, 0.2) is 5.78 Å². The molecule has 2 heterocycles. The van der Waals surface area contributed by atoms with Crippen molar-refractivity contribution in [3.05, 3.63) is 115 Å². The van der Waals surface area contributed by atoms with E-state index in [-0.39, 0.29) is 31.6 Å². The molecule has 183 valence electrons. The minimum atomic E-state index is -0.125. The van der Waals surface area contributed by atoms with Gasteiger partial charge in [0.25, 0.3) is 0 Å². The number of ketones is 1. The van der Waals surface area contributed by atoms with Crippen molar-refractivity contribution in [1.82, 2.24) is 4.98 Å². The number of carbonyl (C=O) groups excluding carboxylic acids is 1. The molecule has 0 atom stereocenters. The smallest absolute Gasteiger partial charge is 0.155 e. The summed E-state index contributed by atoms with van der Waals surface area (Å²) in [4.78, 5) is 16.0. The molecule has 36 heavy (non-hydrogen) atoms. The topological polar surface area (TPSA) is 50.2 Å². The Bertz CT molecular complexity index is 1480. The average Bonchev–Trinajstić information content (AvgIpc) is 3.28. The molecule has 2 aromatic heterocycles. The quantitative estimate of drug-likeness (QED) is 0.119. The van der Waals surface area contributed by atoms with Crippen molar-refractivity contribution in [2.24, 2.45) is 0 Å². The Morgan fingerprint density at radius 1 is 0.917 bits per heavy atom. The second-order valence-electron chi connectivity index (χ2n) is 8.34. The summed E-state index contributed by atoms with van der Waals surface area (Å²) in [6, 6.07) is 33.1. The van der Waals surface area contributed by atoms with Crippen molar-refractivity contribution in [2.75, 3.05) is 0 Å². The van der Waals surface area contributed by atoms with Crippen LogP contribution >= 0.6 is 11.3 Å². The number of pyridine rings is 1. The third-order valence-electron chi connectivity index (χ3n) is 5.34. The molecular formula is C31H26IrNO2S-. The van der Waals surface area contributed by atoms with E-state index in [1.807, 2.05) is 18.3 Å². The zero-order valence-electron chi connectivity index (χ0n) is 20.3. The number of fused-ring (bicyclic) bond motifs is 1. The Morgan fingerprint density at radius 3 is 2.28 bits per heavy atom. The summed E-state index contributed by atoms with van der Waals surface area (Å²) in [5.74, 6) is -0.0625. The van der Waals surface area contributed by atoms with Crippen LogP contribution in [-0.2, 0) is 24.9 Å². The molecule has 0 bridgehead atoms. The molecule has 3 aromatic carbocycles. The molecule has 3 nitrogen and oxygen atoms in total. The molecule has 0 aliphatic rings. The van der Waals surface area contributed by atoms with Crippen LogP contribution in [0.5, 0.6) is 0 Å². The Balaban J connectivity index is 0.000000400. The van der Waals surface area contributed by atoms with Crippen molar-refractivity contribution < 1.29 is 30.0 Å². The van der Waals surface area contributed by atoms with Crippen LogP contribution in [0.3, 0.4) is 0 Å². The van der Waals surface area contributed by atoms with Gasteiger partial charge in [-0.15, -0.1) is 46.7 Å². The van der Waals surface area contributed by atoms with Crippen LogP contribution in [0, 0.1) is 13.0 Å². The maximum atomic E-state index is 10.0. The van der Waals surface area contributed by atoms with Gasteiger partial charge in [0.05, 0.1) is 10.5 Å². The molecule has 1 radical (unpaired) electrons. The Morgan fingerprint density at radius 2 is 1.64 bits per heavy atom. The maximum Gasteiger partial charge on any atom is 0.155 e. The van der Waals surface area contributed by atoms with Crippen molar-refractivity contribution in [1.29, 1.82) is 0 Å². The fraction of sp³-hybridized carbons (Fsp3) is 0.0968. The van der Waals surface area contributed by atoms with E-state index in [0.717, 1.165) is 11.3 Å². The maximum absolute atomic E-state index is 10.0. The fourth-order valence-corrected chi connectivity index (χ4v) is 4.69. The van der Waals surface area contributed by atoms with Crippen LogP contribution in [0.4, 0.5) is 0 Å². The van der Waals surface area contributed by atoms with E-state index < -0.39 is 0 Å². The summed E-state index contributed by atoms with van der Waals surface area (Å²) in [5, 5.41) is 9.59. The van der Waals surface area contributed by atoms with Crippen LogP contribution in [0.15, 0.2) is 103 Å². The SMILES string of the molecule is CC(=O)/C=C(/C)O.Cc1ccc(-c2cc3cc(-c4[c-]ccc(-c5ccccc5)c4)ncc3s2)cc1.[Ir]. The average molecular weight is 669 g/mol. The number of rotatable bonds is 4. The van der Waals surface area contributed by atoms with Gasteiger partial charge in [0, 0.05) is 37.3 Å². The number of thiophene rings is 1. The van der Waals surface area contributed by atoms with E-state index in [9.17, 15) is 4.79 Å². The number of hydrogen-bond acceptors (Lipinski definition) is 4. The predicted octanol–water partition coefficient (Wildman–Crippen LogP) is 8.44. The van der Waals surface area contributed by atoms with Gasteiger partial charge in [0.1, 0.15) is 0 Å². The van der Waals surface area contributed by atoms with Gasteiger partial charge in [-0.05, 0) is 49.0 Å². The van der Waals surface area contributed by atoms with Crippen LogP contribution in [0.25, 0.3) is 42.9 Å². The minimum Gasteiger partial charge on any atom is -0.512 e. The van der Waals surface area contributed by atoms with E-state index in [4.69, 9.17) is 10.1 Å².